The molecule has 132 valence electrons. The van der Waals surface area contributed by atoms with Crippen molar-refractivity contribution >= 4 is 35.1 Å². The first kappa shape index (κ1) is 18.5. The lowest BCUT2D eigenvalue weighted by atomic mass is 10.1. The molecule has 26 heavy (non-hydrogen) atoms. The van der Waals surface area contributed by atoms with Gasteiger partial charge in [0.2, 0.25) is 0 Å². The van der Waals surface area contributed by atoms with Crippen LogP contribution in [0.3, 0.4) is 0 Å². The summed E-state index contributed by atoms with van der Waals surface area (Å²) in [7, 11) is 0. The largest absolute Gasteiger partial charge is 0.489 e. The number of aryl methyl sites for hydroxylation is 1. The molecule has 0 saturated heterocycles. The number of rotatable bonds is 5. The molecule has 0 aromatic heterocycles. The molecule has 0 aliphatic heterocycles. The topological polar surface area (TPSA) is 21.6 Å². The molecule has 0 spiro atoms. The van der Waals surface area contributed by atoms with E-state index in [1.54, 1.807) is 12.1 Å². The number of nitrogens with zero attached hydrogens (tertiary/aromatic N) is 1. The molecule has 0 bridgehead atoms. The molecule has 0 fully saturated rings. The van der Waals surface area contributed by atoms with Crippen LogP contribution in [0.4, 0.5) is 5.69 Å². The summed E-state index contributed by atoms with van der Waals surface area (Å²) in [6.07, 6.45) is 1.86. The van der Waals surface area contributed by atoms with Gasteiger partial charge >= 0.3 is 0 Å². The minimum absolute atomic E-state index is 0.395. The van der Waals surface area contributed by atoms with E-state index in [4.69, 9.17) is 27.9 Å². The third-order valence-corrected chi connectivity index (χ3v) is 4.81. The van der Waals surface area contributed by atoms with E-state index in [0.29, 0.717) is 16.7 Å². The van der Waals surface area contributed by atoms with Crippen molar-refractivity contribution < 1.29 is 4.74 Å². The van der Waals surface area contributed by atoms with Crippen LogP contribution in [0, 0.1) is 13.8 Å². The summed E-state index contributed by atoms with van der Waals surface area (Å²) in [6.45, 7) is 4.57. The van der Waals surface area contributed by atoms with Crippen molar-refractivity contribution in [1.29, 1.82) is 0 Å². The van der Waals surface area contributed by atoms with Crippen molar-refractivity contribution in [2.45, 2.75) is 20.5 Å². The average molecular weight is 384 g/mol. The SMILES string of the molecule is Cc1cccc(N=Cc2ccc(OCc3ccc(Cl)cc3Cl)cc2)c1C. The van der Waals surface area contributed by atoms with Gasteiger partial charge in [0.1, 0.15) is 12.4 Å². The van der Waals surface area contributed by atoms with Gasteiger partial charge in [0, 0.05) is 21.8 Å². The molecule has 3 aromatic rings. The predicted molar refractivity (Wildman–Crippen MR) is 110 cm³/mol. The zero-order valence-corrected chi connectivity index (χ0v) is 16.2. The summed E-state index contributed by atoms with van der Waals surface area (Å²) in [5.41, 5.74) is 5.34. The smallest absolute Gasteiger partial charge is 0.119 e. The number of ether oxygens (including phenoxy) is 1. The van der Waals surface area contributed by atoms with Gasteiger partial charge in [0.05, 0.1) is 5.69 Å². The highest BCUT2D eigenvalue weighted by molar-refractivity contribution is 6.35. The summed E-state index contributed by atoms with van der Waals surface area (Å²) >= 11 is 12.1. The summed E-state index contributed by atoms with van der Waals surface area (Å²) in [5.74, 6) is 0.778. The van der Waals surface area contributed by atoms with Crippen molar-refractivity contribution in [2.75, 3.05) is 0 Å². The summed E-state index contributed by atoms with van der Waals surface area (Å²) in [5, 5.41) is 1.22. The van der Waals surface area contributed by atoms with Crippen LogP contribution in [0.15, 0.2) is 65.7 Å². The maximum atomic E-state index is 6.16. The Bertz CT molecular complexity index is 933. The molecule has 3 rings (SSSR count). The summed E-state index contributed by atoms with van der Waals surface area (Å²) < 4.78 is 5.79. The zero-order chi connectivity index (χ0) is 18.5. The van der Waals surface area contributed by atoms with E-state index in [-0.39, 0.29) is 0 Å². The monoisotopic (exact) mass is 383 g/mol. The van der Waals surface area contributed by atoms with Gasteiger partial charge in [-0.25, -0.2) is 0 Å². The first-order valence-electron chi connectivity index (χ1n) is 8.30. The van der Waals surface area contributed by atoms with Gasteiger partial charge in [-0.05, 0) is 73.0 Å². The van der Waals surface area contributed by atoms with Gasteiger partial charge in [-0.2, -0.15) is 0 Å². The lowest BCUT2D eigenvalue weighted by molar-refractivity contribution is 0.306. The maximum Gasteiger partial charge on any atom is 0.119 e. The van der Waals surface area contributed by atoms with Crippen LogP contribution in [0.25, 0.3) is 0 Å². The van der Waals surface area contributed by atoms with E-state index in [1.807, 2.05) is 48.7 Å². The molecular weight excluding hydrogens is 365 g/mol. The Balaban J connectivity index is 1.65. The molecule has 0 amide bonds. The summed E-state index contributed by atoms with van der Waals surface area (Å²) in [6, 6.07) is 19.3. The number of benzene rings is 3. The highest BCUT2D eigenvalue weighted by Gasteiger charge is 2.03. The molecule has 0 heterocycles. The Morgan fingerprint density at radius 2 is 1.73 bits per heavy atom. The van der Waals surface area contributed by atoms with Crippen molar-refractivity contribution in [1.82, 2.24) is 0 Å². The Labute approximate surface area is 164 Å². The first-order chi connectivity index (χ1) is 12.5. The van der Waals surface area contributed by atoms with E-state index in [1.165, 1.54) is 11.1 Å². The van der Waals surface area contributed by atoms with E-state index >= 15 is 0 Å². The van der Waals surface area contributed by atoms with Crippen LogP contribution in [0.5, 0.6) is 5.75 Å². The standard InChI is InChI=1S/C22H19Cl2NO/c1-15-4-3-5-22(16(15)2)25-13-17-6-10-20(11-7-17)26-14-18-8-9-19(23)12-21(18)24/h3-13H,14H2,1-2H3. The Hall–Kier alpha value is -2.29. The molecule has 2 nitrogen and oxygen atoms in total. The Kier molecular flexibility index (Phi) is 5.97. The van der Waals surface area contributed by atoms with Crippen molar-refractivity contribution in [3.63, 3.8) is 0 Å². The average Bonchev–Trinajstić information content (AvgIpc) is 2.63. The fraction of sp³-hybridized carbons (Fsp3) is 0.136. The molecule has 0 radical (unpaired) electrons. The van der Waals surface area contributed by atoms with Gasteiger partial charge in [-0.15, -0.1) is 0 Å². The normalized spacial score (nSPS) is 11.1. The third kappa shape index (κ3) is 4.66. The Morgan fingerprint density at radius 1 is 0.962 bits per heavy atom. The predicted octanol–water partition coefficient (Wildman–Crippen LogP) is 6.94. The van der Waals surface area contributed by atoms with Crippen molar-refractivity contribution in [2.24, 2.45) is 4.99 Å². The molecule has 0 atom stereocenters. The molecule has 0 saturated carbocycles. The fourth-order valence-corrected chi connectivity index (χ4v) is 2.93. The molecule has 0 unspecified atom stereocenters. The second kappa shape index (κ2) is 8.39. The number of halogens is 2. The second-order valence-corrected chi connectivity index (χ2v) is 6.91. The van der Waals surface area contributed by atoms with Gasteiger partial charge in [0.25, 0.3) is 0 Å². The van der Waals surface area contributed by atoms with Crippen LogP contribution < -0.4 is 4.74 Å². The Morgan fingerprint density at radius 3 is 2.46 bits per heavy atom. The van der Waals surface area contributed by atoms with Crippen LogP contribution in [-0.2, 0) is 6.61 Å². The maximum absolute atomic E-state index is 6.16. The van der Waals surface area contributed by atoms with E-state index in [0.717, 1.165) is 22.6 Å². The highest BCUT2D eigenvalue weighted by Crippen LogP contribution is 2.23. The lowest BCUT2D eigenvalue weighted by Crippen LogP contribution is -1.96. The third-order valence-electron chi connectivity index (χ3n) is 4.22. The van der Waals surface area contributed by atoms with E-state index in [2.05, 4.69) is 24.9 Å². The van der Waals surface area contributed by atoms with Crippen LogP contribution in [0.2, 0.25) is 10.0 Å². The zero-order valence-electron chi connectivity index (χ0n) is 14.7. The summed E-state index contributed by atoms with van der Waals surface area (Å²) in [4.78, 5) is 4.58. The van der Waals surface area contributed by atoms with Gasteiger partial charge in [-0.1, -0.05) is 41.4 Å². The van der Waals surface area contributed by atoms with Gasteiger partial charge in [0.15, 0.2) is 0 Å². The lowest BCUT2D eigenvalue weighted by Gasteiger charge is -2.08. The van der Waals surface area contributed by atoms with Gasteiger partial charge in [-0.3, -0.25) is 4.99 Å². The minimum Gasteiger partial charge on any atom is -0.489 e. The van der Waals surface area contributed by atoms with Gasteiger partial charge < -0.3 is 4.74 Å². The molecule has 0 aliphatic rings. The van der Waals surface area contributed by atoms with Crippen LogP contribution in [0.1, 0.15) is 22.3 Å². The van der Waals surface area contributed by atoms with Crippen molar-refractivity contribution in [3.05, 3.63) is 93.0 Å². The van der Waals surface area contributed by atoms with E-state index < -0.39 is 0 Å². The first-order valence-corrected chi connectivity index (χ1v) is 9.05. The molecule has 0 N–H and O–H groups in total. The molecule has 3 aromatic carbocycles. The fourth-order valence-electron chi connectivity index (χ4n) is 2.47. The van der Waals surface area contributed by atoms with Crippen molar-refractivity contribution in [3.8, 4) is 5.75 Å². The molecular formula is C22H19Cl2NO. The van der Waals surface area contributed by atoms with Crippen LogP contribution >= 0.6 is 23.2 Å². The molecule has 4 heteroatoms. The molecule has 0 aliphatic carbocycles. The van der Waals surface area contributed by atoms with E-state index in [9.17, 15) is 0 Å². The highest BCUT2D eigenvalue weighted by atomic mass is 35.5. The number of aliphatic imine (C=N–C) groups is 1. The van der Waals surface area contributed by atoms with Crippen LogP contribution in [-0.4, -0.2) is 6.21 Å². The quantitative estimate of drug-likeness (QED) is 0.437. The minimum atomic E-state index is 0.395. The number of hydrogen-bond donors (Lipinski definition) is 0. The second-order valence-electron chi connectivity index (χ2n) is 6.07. The number of hydrogen-bond acceptors (Lipinski definition) is 2.